The van der Waals surface area contributed by atoms with E-state index >= 15 is 0 Å². The quantitative estimate of drug-likeness (QED) is 0.145. The van der Waals surface area contributed by atoms with Gasteiger partial charge in [0.1, 0.15) is 0 Å². The van der Waals surface area contributed by atoms with E-state index in [1.807, 2.05) is 31.5 Å². The van der Waals surface area contributed by atoms with E-state index in [1.165, 1.54) is 44.5 Å². The highest BCUT2D eigenvalue weighted by Gasteiger charge is 2.46. The molecule has 1 aliphatic carbocycles. The van der Waals surface area contributed by atoms with Crippen LogP contribution in [0.1, 0.15) is 29.2 Å². The Morgan fingerprint density at radius 2 is 0.917 bits per heavy atom. The summed E-state index contributed by atoms with van der Waals surface area (Å²) in [5.74, 6) is 0.679. The fraction of sp³-hybridized carbons (Fsp3) is 0.0351. The summed E-state index contributed by atoms with van der Waals surface area (Å²) in [4.78, 5) is 15.1. The van der Waals surface area contributed by atoms with Crippen molar-refractivity contribution >= 4 is 0 Å². The lowest BCUT2D eigenvalue weighted by Crippen LogP contribution is -2.28. The first-order valence-corrected chi connectivity index (χ1v) is 20.3. The van der Waals surface area contributed by atoms with Gasteiger partial charge in [-0.05, 0) is 99.0 Å². The molecule has 0 saturated carbocycles. The smallest absolute Gasteiger partial charge is 0.160 e. The molecule has 2 heterocycles. The molecule has 0 amide bonds. The van der Waals surface area contributed by atoms with Gasteiger partial charge in [0.15, 0.2) is 5.82 Å². The van der Waals surface area contributed by atoms with Crippen molar-refractivity contribution in [1.29, 1.82) is 0 Å². The predicted molar refractivity (Wildman–Crippen MR) is 249 cm³/mol. The molecule has 0 saturated heterocycles. The van der Waals surface area contributed by atoms with Gasteiger partial charge in [-0.25, -0.2) is 9.97 Å². The summed E-state index contributed by atoms with van der Waals surface area (Å²) in [5, 5.41) is 0. The van der Waals surface area contributed by atoms with Crippen LogP contribution in [0.4, 0.5) is 0 Å². The molecule has 7 aromatic carbocycles. The van der Waals surface area contributed by atoms with E-state index in [4.69, 9.17) is 9.97 Å². The first-order valence-electron chi connectivity index (χ1n) is 20.3. The maximum Gasteiger partial charge on any atom is 0.160 e. The van der Waals surface area contributed by atoms with Crippen LogP contribution in [0.25, 0.3) is 67.3 Å². The van der Waals surface area contributed by atoms with Crippen LogP contribution in [-0.4, -0.2) is 15.0 Å². The normalized spacial score (nSPS) is 13.8. The van der Waals surface area contributed by atoms with Crippen molar-refractivity contribution < 1.29 is 0 Å². The number of rotatable bonds is 8. The molecule has 0 radical (unpaired) electrons. The Balaban J connectivity index is 0.000000875. The van der Waals surface area contributed by atoms with Crippen molar-refractivity contribution in [2.45, 2.75) is 12.3 Å². The second kappa shape index (κ2) is 17.0. The molecular formula is C57H43N3. The minimum Gasteiger partial charge on any atom is -0.265 e. The Bertz CT molecular complexity index is 2800. The predicted octanol–water partition coefficient (Wildman–Crippen LogP) is 14.3. The fourth-order valence-corrected chi connectivity index (χ4v) is 8.48. The lowest BCUT2D eigenvalue weighted by Gasteiger charge is -2.33. The minimum atomic E-state index is -0.555. The van der Waals surface area contributed by atoms with E-state index in [0.29, 0.717) is 5.82 Å². The maximum absolute atomic E-state index is 5.36. The minimum absolute atomic E-state index is 0.555. The molecular weight excluding hydrogens is 727 g/mol. The van der Waals surface area contributed by atoms with Gasteiger partial charge in [-0.2, -0.15) is 0 Å². The van der Waals surface area contributed by atoms with Crippen LogP contribution >= 0.6 is 0 Å². The number of pyridine rings is 1. The van der Waals surface area contributed by atoms with Gasteiger partial charge in [0, 0.05) is 29.1 Å². The Hall–Kier alpha value is -7.75. The molecule has 0 bridgehead atoms. The van der Waals surface area contributed by atoms with Crippen molar-refractivity contribution in [1.82, 2.24) is 15.0 Å². The molecule has 286 valence electrons. The molecule has 3 heteroatoms. The third-order valence-corrected chi connectivity index (χ3v) is 11.2. The summed E-state index contributed by atoms with van der Waals surface area (Å²) in [6.45, 7) is 5.42. The van der Waals surface area contributed by atoms with E-state index in [-0.39, 0.29) is 0 Å². The monoisotopic (exact) mass is 769 g/mol. The molecule has 9 aromatic rings. The molecule has 0 spiro atoms. The van der Waals surface area contributed by atoms with Crippen molar-refractivity contribution in [3.63, 3.8) is 0 Å². The summed E-state index contributed by atoms with van der Waals surface area (Å²) in [6.07, 6.45) is 9.37. The number of hydrogen-bond donors (Lipinski definition) is 0. The van der Waals surface area contributed by atoms with Gasteiger partial charge in [-0.15, -0.1) is 0 Å². The molecule has 1 unspecified atom stereocenters. The zero-order valence-electron chi connectivity index (χ0n) is 33.5. The summed E-state index contributed by atoms with van der Waals surface area (Å²) in [5.41, 5.74) is 16.1. The van der Waals surface area contributed by atoms with Gasteiger partial charge in [0.2, 0.25) is 0 Å². The van der Waals surface area contributed by atoms with Crippen LogP contribution in [0, 0.1) is 0 Å². The van der Waals surface area contributed by atoms with E-state index in [9.17, 15) is 0 Å². The van der Waals surface area contributed by atoms with Crippen LogP contribution in [-0.2, 0) is 5.41 Å². The zero-order chi connectivity index (χ0) is 40.7. The highest BCUT2D eigenvalue weighted by Crippen LogP contribution is 2.56. The van der Waals surface area contributed by atoms with Gasteiger partial charge in [0.05, 0.1) is 16.8 Å². The van der Waals surface area contributed by atoms with Crippen LogP contribution < -0.4 is 0 Å². The molecule has 1 aliphatic rings. The zero-order valence-corrected chi connectivity index (χ0v) is 33.5. The standard InChI is InChI=1S/C52H35N3.C5H8/c1-4-14-36(15-5-1)38-18-12-20-40(32-38)49-35-50(41-21-13-19-39(33-41)37-16-6-2-7-17-37)55-51(54-49)42-26-27-46-45-24-10-11-25-47(45)52(48(46)34-42,43-22-8-3-9-23-43)44-28-30-53-31-29-44;1-3-5-4-2/h1-35H;3-5H,1H2,2H3/b;5-4-. The second-order valence-corrected chi connectivity index (χ2v) is 14.8. The third-order valence-electron chi connectivity index (χ3n) is 11.2. The fourth-order valence-electron chi connectivity index (χ4n) is 8.48. The van der Waals surface area contributed by atoms with Crippen molar-refractivity contribution in [3.05, 3.63) is 260 Å². The molecule has 0 fully saturated rings. The second-order valence-electron chi connectivity index (χ2n) is 14.8. The molecule has 2 aromatic heterocycles. The SMILES string of the molecule is C=C/C=C\C.c1ccc(-c2cccc(-c3cc(-c4cccc(-c5ccccc5)c4)nc(-c4ccc5c(c4)C(c4ccccc4)(c4ccncc4)c4ccccc4-5)n3)c2)cc1. The largest absolute Gasteiger partial charge is 0.265 e. The number of aromatic nitrogens is 3. The number of allylic oxidation sites excluding steroid dienone is 3. The van der Waals surface area contributed by atoms with Gasteiger partial charge < -0.3 is 0 Å². The summed E-state index contributed by atoms with van der Waals surface area (Å²) in [6, 6.07) is 71.2. The topological polar surface area (TPSA) is 38.7 Å². The molecule has 0 aliphatic heterocycles. The van der Waals surface area contributed by atoms with Gasteiger partial charge >= 0.3 is 0 Å². The van der Waals surface area contributed by atoms with E-state index < -0.39 is 5.41 Å². The number of fused-ring (bicyclic) bond motifs is 3. The average Bonchev–Trinajstić information content (AvgIpc) is 3.63. The summed E-state index contributed by atoms with van der Waals surface area (Å²) >= 11 is 0. The first-order chi connectivity index (χ1) is 29.7. The van der Waals surface area contributed by atoms with Crippen molar-refractivity contribution in [3.8, 4) is 67.3 Å². The molecule has 10 rings (SSSR count). The lowest BCUT2D eigenvalue weighted by atomic mass is 9.68. The molecule has 1 atom stereocenters. The summed E-state index contributed by atoms with van der Waals surface area (Å²) < 4.78 is 0. The van der Waals surface area contributed by atoms with E-state index in [2.05, 4.69) is 212 Å². The van der Waals surface area contributed by atoms with Crippen LogP contribution in [0.3, 0.4) is 0 Å². The lowest BCUT2D eigenvalue weighted by molar-refractivity contribution is 0.766. The Labute approximate surface area is 352 Å². The highest BCUT2D eigenvalue weighted by molar-refractivity contribution is 5.88. The average molecular weight is 770 g/mol. The molecule has 3 nitrogen and oxygen atoms in total. The number of hydrogen-bond acceptors (Lipinski definition) is 3. The van der Waals surface area contributed by atoms with Crippen LogP contribution in [0.15, 0.2) is 237 Å². The third kappa shape index (κ3) is 7.18. The molecule has 0 N–H and O–H groups in total. The van der Waals surface area contributed by atoms with Crippen LogP contribution in [0.5, 0.6) is 0 Å². The van der Waals surface area contributed by atoms with Gasteiger partial charge in [-0.1, -0.05) is 189 Å². The Morgan fingerprint density at radius 3 is 1.48 bits per heavy atom. The summed E-state index contributed by atoms with van der Waals surface area (Å²) in [7, 11) is 0. The Morgan fingerprint density at radius 1 is 0.417 bits per heavy atom. The highest BCUT2D eigenvalue weighted by atomic mass is 14.9. The number of benzene rings is 7. The van der Waals surface area contributed by atoms with E-state index in [0.717, 1.165) is 39.2 Å². The van der Waals surface area contributed by atoms with Gasteiger partial charge in [0.25, 0.3) is 0 Å². The van der Waals surface area contributed by atoms with Crippen molar-refractivity contribution in [2.24, 2.45) is 0 Å². The van der Waals surface area contributed by atoms with Crippen LogP contribution in [0.2, 0.25) is 0 Å². The van der Waals surface area contributed by atoms with Crippen molar-refractivity contribution in [2.75, 3.05) is 0 Å². The Kier molecular flexibility index (Phi) is 10.7. The van der Waals surface area contributed by atoms with Gasteiger partial charge in [-0.3, -0.25) is 4.98 Å². The maximum atomic E-state index is 5.36. The molecule has 60 heavy (non-hydrogen) atoms. The van der Waals surface area contributed by atoms with E-state index in [1.54, 1.807) is 6.08 Å². The first kappa shape index (κ1) is 37.8. The number of nitrogens with zero attached hydrogens (tertiary/aromatic N) is 3.